The van der Waals surface area contributed by atoms with Crippen LogP contribution in [0.15, 0.2) is 58.3 Å². The third-order valence-electron chi connectivity index (χ3n) is 5.19. The van der Waals surface area contributed by atoms with Crippen LogP contribution in [0.25, 0.3) is 0 Å². The second-order valence-corrected chi connectivity index (χ2v) is 9.78. The molecule has 1 heterocycles. The summed E-state index contributed by atoms with van der Waals surface area (Å²) in [6.45, 7) is 0.564. The minimum atomic E-state index is -1.43. The average Bonchev–Trinajstić information content (AvgIpc) is 2.79. The molecule has 32 heavy (non-hydrogen) atoms. The number of nitrogens with zero attached hydrogens (tertiary/aromatic N) is 1. The van der Waals surface area contributed by atoms with Crippen LogP contribution in [0.3, 0.4) is 0 Å². The van der Waals surface area contributed by atoms with Gasteiger partial charge in [0.25, 0.3) is 0 Å². The van der Waals surface area contributed by atoms with Gasteiger partial charge in [0.05, 0.1) is 6.61 Å². The van der Waals surface area contributed by atoms with Crippen molar-refractivity contribution < 1.29 is 35.4 Å². The van der Waals surface area contributed by atoms with E-state index < -0.39 is 37.3 Å². The maximum absolute atomic E-state index is 10.6. The van der Waals surface area contributed by atoms with Gasteiger partial charge >= 0.3 is 0 Å². The number of hydrogen-bond acceptors (Lipinski definition) is 10. The lowest BCUT2D eigenvalue weighted by molar-refractivity contribution is -0.264. The van der Waals surface area contributed by atoms with Crippen molar-refractivity contribution >= 4 is 23.5 Å². The minimum Gasteiger partial charge on any atom is -0.508 e. The molecule has 8 nitrogen and oxygen atoms in total. The van der Waals surface area contributed by atoms with Crippen molar-refractivity contribution in [1.29, 1.82) is 0 Å². The molecule has 2 aromatic rings. The molecule has 1 aliphatic rings. The standard InChI is InChI=1S/C22H29NO7S2/c24-13-18-19(27)20(28)21(29)22(30-18)23(9-11-31-16-5-1-14(25)2-6-16)10-12-32-17-7-3-15(26)4-8-17/h1-8,18-22,24-29H,9-13H2/t18-,19-,20+,21+,22?/m0/s1. The first-order valence-corrected chi connectivity index (χ1v) is 12.2. The van der Waals surface area contributed by atoms with Crippen molar-refractivity contribution in [1.82, 2.24) is 4.90 Å². The molecule has 0 saturated carbocycles. The third-order valence-corrected chi connectivity index (χ3v) is 7.18. The molecule has 6 N–H and O–H groups in total. The Balaban J connectivity index is 1.64. The zero-order valence-corrected chi connectivity index (χ0v) is 19.0. The summed E-state index contributed by atoms with van der Waals surface area (Å²) in [6, 6.07) is 13.7. The summed E-state index contributed by atoms with van der Waals surface area (Å²) < 4.78 is 5.76. The normalized spacial score (nSPS) is 25.8. The van der Waals surface area contributed by atoms with Crippen LogP contribution in [0.4, 0.5) is 0 Å². The predicted octanol–water partition coefficient (Wildman–Crippen LogP) is 1.08. The topological polar surface area (TPSA) is 134 Å². The smallest absolute Gasteiger partial charge is 0.140 e. The van der Waals surface area contributed by atoms with Gasteiger partial charge in [0.15, 0.2) is 0 Å². The highest BCUT2D eigenvalue weighted by atomic mass is 32.2. The number of aliphatic hydroxyl groups excluding tert-OH is 4. The zero-order valence-electron chi connectivity index (χ0n) is 17.4. The first-order chi connectivity index (χ1) is 15.4. The molecule has 1 fully saturated rings. The van der Waals surface area contributed by atoms with E-state index in [1.165, 1.54) is 0 Å². The molecule has 5 atom stereocenters. The fraction of sp³-hybridized carbons (Fsp3) is 0.455. The molecule has 2 aromatic carbocycles. The molecular weight excluding hydrogens is 454 g/mol. The maximum atomic E-state index is 10.6. The van der Waals surface area contributed by atoms with Gasteiger partial charge in [-0.1, -0.05) is 0 Å². The van der Waals surface area contributed by atoms with Gasteiger partial charge in [0.1, 0.15) is 42.1 Å². The van der Waals surface area contributed by atoms with Crippen molar-refractivity contribution in [3.63, 3.8) is 0 Å². The van der Waals surface area contributed by atoms with Crippen molar-refractivity contribution in [2.45, 2.75) is 40.4 Å². The van der Waals surface area contributed by atoms with Crippen LogP contribution in [0.5, 0.6) is 11.5 Å². The summed E-state index contributed by atoms with van der Waals surface area (Å²) in [5, 5.41) is 59.2. The number of rotatable bonds is 10. The molecule has 10 heteroatoms. The highest BCUT2D eigenvalue weighted by molar-refractivity contribution is 7.99. The van der Waals surface area contributed by atoms with Crippen LogP contribution in [0, 0.1) is 0 Å². The summed E-state index contributed by atoms with van der Waals surface area (Å²) >= 11 is 3.15. The molecule has 176 valence electrons. The van der Waals surface area contributed by atoms with E-state index in [1.54, 1.807) is 47.8 Å². The van der Waals surface area contributed by atoms with E-state index in [4.69, 9.17) is 4.74 Å². The van der Waals surface area contributed by atoms with E-state index in [-0.39, 0.29) is 11.5 Å². The van der Waals surface area contributed by atoms with Gasteiger partial charge in [0.2, 0.25) is 0 Å². The summed E-state index contributed by atoms with van der Waals surface area (Å²) in [5.74, 6) is 1.71. The molecule has 0 radical (unpaired) electrons. The van der Waals surface area contributed by atoms with Gasteiger partial charge in [0, 0.05) is 34.4 Å². The van der Waals surface area contributed by atoms with E-state index in [0.29, 0.717) is 24.6 Å². The second-order valence-electron chi connectivity index (χ2n) is 7.44. The number of benzene rings is 2. The number of phenols is 2. The molecule has 1 unspecified atom stereocenters. The number of ether oxygens (including phenoxy) is 1. The lowest BCUT2D eigenvalue weighted by Gasteiger charge is -2.44. The maximum Gasteiger partial charge on any atom is 0.140 e. The second kappa shape index (κ2) is 12.1. The van der Waals surface area contributed by atoms with Crippen LogP contribution < -0.4 is 0 Å². The highest BCUT2D eigenvalue weighted by Gasteiger charge is 2.45. The summed E-state index contributed by atoms with van der Waals surface area (Å²) in [7, 11) is 0. The SMILES string of the molecule is OC[C@@H]1OC(N(CCSc2ccc(O)cc2)CCSc2ccc(O)cc2)[C@H](O)[C@H](O)[C@H]1O. The zero-order chi connectivity index (χ0) is 23.1. The Hall–Kier alpha value is -1.50. The van der Waals surface area contributed by atoms with Gasteiger partial charge in [-0.15, -0.1) is 23.5 Å². The first-order valence-electron chi connectivity index (χ1n) is 10.3. The number of phenolic OH excluding ortho intramolecular Hbond substituents is 2. The van der Waals surface area contributed by atoms with Gasteiger partial charge in [-0.05, 0) is 48.5 Å². The number of aliphatic hydroxyl groups is 4. The van der Waals surface area contributed by atoms with Crippen molar-refractivity contribution in [3.05, 3.63) is 48.5 Å². The quantitative estimate of drug-likeness (QED) is 0.273. The van der Waals surface area contributed by atoms with Crippen molar-refractivity contribution in [3.8, 4) is 11.5 Å². The van der Waals surface area contributed by atoms with Gasteiger partial charge in [-0.2, -0.15) is 0 Å². The monoisotopic (exact) mass is 483 g/mol. The van der Waals surface area contributed by atoms with E-state index in [1.807, 2.05) is 29.2 Å². The molecule has 0 aromatic heterocycles. The molecule has 0 amide bonds. The lowest BCUT2D eigenvalue weighted by atomic mass is 9.98. The molecule has 3 rings (SSSR count). The van der Waals surface area contributed by atoms with E-state index >= 15 is 0 Å². The minimum absolute atomic E-state index is 0.198. The summed E-state index contributed by atoms with van der Waals surface area (Å²) in [5.41, 5.74) is 0. The van der Waals surface area contributed by atoms with Crippen LogP contribution in [0.1, 0.15) is 0 Å². The molecule has 1 aliphatic heterocycles. The Morgan fingerprint density at radius 2 is 1.19 bits per heavy atom. The number of hydrogen-bond donors (Lipinski definition) is 6. The Kier molecular flexibility index (Phi) is 9.50. The fourth-order valence-corrected chi connectivity index (χ4v) is 5.18. The first kappa shape index (κ1) is 25.1. The van der Waals surface area contributed by atoms with Gasteiger partial charge in [-0.25, -0.2) is 0 Å². The summed E-state index contributed by atoms with van der Waals surface area (Å²) in [4.78, 5) is 3.86. The average molecular weight is 484 g/mol. The van der Waals surface area contributed by atoms with Crippen LogP contribution >= 0.6 is 23.5 Å². The van der Waals surface area contributed by atoms with E-state index in [9.17, 15) is 30.6 Å². The Labute approximate surface area is 195 Å². The molecule has 0 aliphatic carbocycles. The Bertz CT molecular complexity index is 771. The Morgan fingerprint density at radius 3 is 1.62 bits per heavy atom. The Morgan fingerprint density at radius 1 is 0.719 bits per heavy atom. The highest BCUT2D eigenvalue weighted by Crippen LogP contribution is 2.27. The van der Waals surface area contributed by atoms with Crippen LogP contribution in [-0.2, 0) is 4.74 Å². The molecular formula is C22H29NO7S2. The largest absolute Gasteiger partial charge is 0.508 e. The molecule has 0 spiro atoms. The van der Waals surface area contributed by atoms with E-state index in [2.05, 4.69) is 0 Å². The summed E-state index contributed by atoms with van der Waals surface area (Å²) in [6.07, 6.45) is -6.00. The van der Waals surface area contributed by atoms with E-state index in [0.717, 1.165) is 9.79 Å². The third kappa shape index (κ3) is 6.75. The van der Waals surface area contributed by atoms with Gasteiger partial charge in [-0.3, -0.25) is 4.90 Å². The van der Waals surface area contributed by atoms with Crippen molar-refractivity contribution in [2.75, 3.05) is 31.2 Å². The molecule has 0 bridgehead atoms. The van der Waals surface area contributed by atoms with Crippen molar-refractivity contribution in [2.24, 2.45) is 0 Å². The molecule has 1 saturated heterocycles. The number of thioether (sulfide) groups is 2. The van der Waals surface area contributed by atoms with Crippen LogP contribution in [0.2, 0.25) is 0 Å². The lowest BCUT2D eigenvalue weighted by Crippen LogP contribution is -2.63. The van der Waals surface area contributed by atoms with Gasteiger partial charge < -0.3 is 35.4 Å². The number of aromatic hydroxyl groups is 2. The van der Waals surface area contributed by atoms with Crippen LogP contribution in [-0.4, -0.2) is 97.4 Å². The fourth-order valence-electron chi connectivity index (χ4n) is 3.40. The predicted molar refractivity (Wildman–Crippen MR) is 123 cm³/mol.